The van der Waals surface area contributed by atoms with Gasteiger partial charge in [0, 0.05) is 6.20 Å². The normalized spacial score (nSPS) is 17.8. The van der Waals surface area contributed by atoms with Crippen molar-refractivity contribution in [1.82, 2.24) is 4.98 Å². The van der Waals surface area contributed by atoms with Crippen molar-refractivity contribution >= 4 is 5.78 Å². The zero-order valence-electron chi connectivity index (χ0n) is 9.05. The van der Waals surface area contributed by atoms with Gasteiger partial charge in [-0.3, -0.25) is 4.79 Å². The highest BCUT2D eigenvalue weighted by molar-refractivity contribution is 5.98. The number of H-pyrrole nitrogens is 1. The van der Waals surface area contributed by atoms with Crippen LogP contribution in [0.5, 0.6) is 11.5 Å². The molecule has 4 heteroatoms. The van der Waals surface area contributed by atoms with E-state index >= 15 is 0 Å². The molecule has 86 valence electrons. The van der Waals surface area contributed by atoms with Crippen LogP contribution in [0.4, 0.5) is 0 Å². The summed E-state index contributed by atoms with van der Waals surface area (Å²) < 4.78 is 11.1. The summed E-state index contributed by atoms with van der Waals surface area (Å²) in [4.78, 5) is 14.9. The molecule has 0 saturated heterocycles. The number of benzene rings is 1. The molecule has 0 amide bonds. The first-order chi connectivity index (χ1) is 8.34. The first kappa shape index (κ1) is 9.96. The summed E-state index contributed by atoms with van der Waals surface area (Å²) in [6.07, 6.45) is 1.13. The molecule has 1 unspecified atom stereocenters. The van der Waals surface area contributed by atoms with E-state index in [-0.39, 0.29) is 12.4 Å². The van der Waals surface area contributed by atoms with Crippen molar-refractivity contribution in [2.75, 3.05) is 6.61 Å². The van der Waals surface area contributed by atoms with Crippen LogP contribution in [-0.4, -0.2) is 23.5 Å². The molecule has 0 bridgehead atoms. The first-order valence-electron chi connectivity index (χ1n) is 5.41. The molecule has 1 N–H and O–H groups in total. The van der Waals surface area contributed by atoms with Gasteiger partial charge in [0.05, 0.1) is 5.69 Å². The fraction of sp³-hybridized carbons (Fsp3) is 0.154. The van der Waals surface area contributed by atoms with Gasteiger partial charge in [-0.1, -0.05) is 12.1 Å². The molecule has 1 aliphatic heterocycles. The number of carbonyl (C=O) groups excluding carboxylic acids is 1. The second kappa shape index (κ2) is 3.97. The molecule has 0 fully saturated rings. The fourth-order valence-corrected chi connectivity index (χ4v) is 1.81. The smallest absolute Gasteiger partial charge is 0.222 e. The van der Waals surface area contributed by atoms with Gasteiger partial charge in [0.1, 0.15) is 6.61 Å². The van der Waals surface area contributed by atoms with Gasteiger partial charge >= 0.3 is 0 Å². The summed E-state index contributed by atoms with van der Waals surface area (Å²) in [5, 5.41) is 0. The molecule has 17 heavy (non-hydrogen) atoms. The Balaban J connectivity index is 1.83. The third kappa shape index (κ3) is 1.78. The SMILES string of the molecule is O=C(c1ccc[nH]1)C1COc2ccccc2O1. The van der Waals surface area contributed by atoms with Crippen LogP contribution in [0.3, 0.4) is 0 Å². The number of carbonyl (C=O) groups is 1. The number of aromatic nitrogens is 1. The second-order valence-electron chi connectivity index (χ2n) is 3.81. The van der Waals surface area contributed by atoms with Gasteiger partial charge in [-0.05, 0) is 24.3 Å². The van der Waals surface area contributed by atoms with Crippen molar-refractivity contribution in [3.8, 4) is 11.5 Å². The van der Waals surface area contributed by atoms with Gasteiger partial charge in [-0.25, -0.2) is 0 Å². The lowest BCUT2D eigenvalue weighted by atomic mass is 10.1. The molecular formula is C13H11NO3. The lowest BCUT2D eigenvalue weighted by molar-refractivity contribution is 0.0581. The number of Topliss-reactive ketones (excluding diaryl/α,β-unsaturated/α-hetero) is 1. The minimum atomic E-state index is -0.580. The van der Waals surface area contributed by atoms with E-state index in [9.17, 15) is 4.79 Å². The Morgan fingerprint density at radius 3 is 2.76 bits per heavy atom. The third-order valence-corrected chi connectivity index (χ3v) is 2.66. The van der Waals surface area contributed by atoms with Crippen LogP contribution in [0.15, 0.2) is 42.6 Å². The second-order valence-corrected chi connectivity index (χ2v) is 3.81. The van der Waals surface area contributed by atoms with E-state index < -0.39 is 6.10 Å². The van der Waals surface area contributed by atoms with Crippen LogP contribution < -0.4 is 9.47 Å². The number of ketones is 1. The average molecular weight is 229 g/mol. The molecule has 1 aliphatic rings. The largest absolute Gasteiger partial charge is 0.485 e. The van der Waals surface area contributed by atoms with E-state index in [2.05, 4.69) is 4.98 Å². The minimum absolute atomic E-state index is 0.0931. The number of rotatable bonds is 2. The lowest BCUT2D eigenvalue weighted by Crippen LogP contribution is -2.36. The maximum Gasteiger partial charge on any atom is 0.222 e. The van der Waals surface area contributed by atoms with E-state index in [0.29, 0.717) is 17.2 Å². The third-order valence-electron chi connectivity index (χ3n) is 2.66. The van der Waals surface area contributed by atoms with Crippen molar-refractivity contribution in [2.24, 2.45) is 0 Å². The molecule has 1 aromatic heterocycles. The summed E-state index contributed by atoms with van der Waals surface area (Å²) >= 11 is 0. The quantitative estimate of drug-likeness (QED) is 0.802. The summed E-state index contributed by atoms with van der Waals surface area (Å²) in [6, 6.07) is 10.9. The topological polar surface area (TPSA) is 51.3 Å². The van der Waals surface area contributed by atoms with Crippen molar-refractivity contribution in [2.45, 2.75) is 6.10 Å². The predicted molar refractivity (Wildman–Crippen MR) is 61.5 cm³/mol. The molecule has 1 aromatic carbocycles. The zero-order chi connectivity index (χ0) is 11.7. The fourth-order valence-electron chi connectivity index (χ4n) is 1.81. The summed E-state index contributed by atoms with van der Waals surface area (Å²) in [5.41, 5.74) is 0.540. The molecule has 2 aromatic rings. The monoisotopic (exact) mass is 229 g/mol. The van der Waals surface area contributed by atoms with Crippen molar-refractivity contribution in [3.63, 3.8) is 0 Å². The van der Waals surface area contributed by atoms with Crippen LogP contribution in [0, 0.1) is 0 Å². The Kier molecular flexibility index (Phi) is 2.33. The molecule has 0 radical (unpaired) electrons. The van der Waals surface area contributed by atoms with E-state index in [1.165, 1.54) is 0 Å². The minimum Gasteiger partial charge on any atom is -0.485 e. The highest BCUT2D eigenvalue weighted by Gasteiger charge is 2.28. The number of hydrogen-bond acceptors (Lipinski definition) is 3. The first-order valence-corrected chi connectivity index (χ1v) is 5.41. The van der Waals surface area contributed by atoms with Crippen LogP contribution in [0.25, 0.3) is 0 Å². The van der Waals surface area contributed by atoms with Gasteiger partial charge < -0.3 is 14.5 Å². The van der Waals surface area contributed by atoms with Gasteiger partial charge in [-0.2, -0.15) is 0 Å². The molecular weight excluding hydrogens is 218 g/mol. The lowest BCUT2D eigenvalue weighted by Gasteiger charge is -2.25. The molecule has 1 atom stereocenters. The highest BCUT2D eigenvalue weighted by Crippen LogP contribution is 2.31. The van der Waals surface area contributed by atoms with Gasteiger partial charge in [0.2, 0.25) is 5.78 Å². The summed E-state index contributed by atoms with van der Waals surface area (Å²) in [7, 11) is 0. The van der Waals surface area contributed by atoms with Crippen LogP contribution >= 0.6 is 0 Å². The highest BCUT2D eigenvalue weighted by atomic mass is 16.6. The Bertz CT molecular complexity index is 533. The van der Waals surface area contributed by atoms with Crippen LogP contribution in [-0.2, 0) is 0 Å². The average Bonchev–Trinajstić information content (AvgIpc) is 2.91. The van der Waals surface area contributed by atoms with Crippen molar-refractivity contribution < 1.29 is 14.3 Å². The Morgan fingerprint density at radius 2 is 2.00 bits per heavy atom. The molecule has 0 spiro atoms. The number of para-hydroxylation sites is 2. The van der Waals surface area contributed by atoms with Crippen molar-refractivity contribution in [3.05, 3.63) is 48.3 Å². The van der Waals surface area contributed by atoms with E-state index in [4.69, 9.17) is 9.47 Å². The molecule has 2 heterocycles. The van der Waals surface area contributed by atoms with Gasteiger partial charge in [-0.15, -0.1) is 0 Å². The van der Waals surface area contributed by atoms with E-state index in [1.807, 2.05) is 18.2 Å². The summed E-state index contributed by atoms with van der Waals surface area (Å²) in [5.74, 6) is 1.20. The number of fused-ring (bicyclic) bond motifs is 1. The predicted octanol–water partition coefficient (Wildman–Crippen LogP) is 2.04. The Hall–Kier alpha value is -2.23. The van der Waals surface area contributed by atoms with E-state index in [1.54, 1.807) is 24.4 Å². The van der Waals surface area contributed by atoms with Crippen LogP contribution in [0.1, 0.15) is 10.5 Å². The molecule has 3 rings (SSSR count). The van der Waals surface area contributed by atoms with E-state index in [0.717, 1.165) is 0 Å². The van der Waals surface area contributed by atoms with Crippen LogP contribution in [0.2, 0.25) is 0 Å². The number of aromatic amines is 1. The van der Waals surface area contributed by atoms with Gasteiger partial charge in [0.25, 0.3) is 0 Å². The Labute approximate surface area is 98.2 Å². The molecule has 4 nitrogen and oxygen atoms in total. The maximum absolute atomic E-state index is 12.0. The zero-order valence-corrected chi connectivity index (χ0v) is 9.05. The summed E-state index contributed by atoms with van der Waals surface area (Å²) in [6.45, 7) is 0.245. The number of ether oxygens (including phenoxy) is 2. The standard InChI is InChI=1S/C13H11NO3/c15-13(9-4-3-7-14-9)12-8-16-10-5-1-2-6-11(10)17-12/h1-7,12,14H,8H2. The van der Waals surface area contributed by atoms with Crippen molar-refractivity contribution in [1.29, 1.82) is 0 Å². The van der Waals surface area contributed by atoms with Gasteiger partial charge in [0.15, 0.2) is 17.6 Å². The number of hydrogen-bond donors (Lipinski definition) is 1. The number of nitrogens with one attached hydrogen (secondary N) is 1. The molecule has 0 aliphatic carbocycles. The molecule has 0 saturated carbocycles. The Morgan fingerprint density at radius 1 is 1.18 bits per heavy atom. The maximum atomic E-state index is 12.0.